The van der Waals surface area contributed by atoms with E-state index in [0.717, 1.165) is 32.6 Å². The van der Waals surface area contributed by atoms with Crippen LogP contribution < -0.4 is 21.3 Å². The van der Waals surface area contributed by atoms with Crippen molar-refractivity contribution >= 4 is 11.8 Å². The Bertz CT molecular complexity index is 234. The van der Waals surface area contributed by atoms with Gasteiger partial charge in [-0.3, -0.25) is 9.59 Å². The Morgan fingerprint density at radius 1 is 0.824 bits per heavy atom. The van der Waals surface area contributed by atoms with Crippen molar-refractivity contribution in [1.82, 2.24) is 21.3 Å². The Balaban J connectivity index is 2.39. The van der Waals surface area contributed by atoms with Crippen LogP contribution in [-0.4, -0.2) is 51.1 Å². The zero-order valence-electron chi connectivity index (χ0n) is 10.3. The summed E-state index contributed by atoms with van der Waals surface area (Å²) in [5.41, 5.74) is 0. The van der Waals surface area contributed by atoms with E-state index in [4.69, 9.17) is 0 Å². The van der Waals surface area contributed by atoms with Crippen molar-refractivity contribution in [2.75, 3.05) is 39.3 Å². The second kappa shape index (κ2) is 8.03. The molecule has 0 spiro atoms. The van der Waals surface area contributed by atoms with E-state index in [1.165, 1.54) is 0 Å². The van der Waals surface area contributed by atoms with Gasteiger partial charge < -0.3 is 21.3 Å². The summed E-state index contributed by atoms with van der Waals surface area (Å²) in [4.78, 5) is 23.2. The molecule has 98 valence electrons. The maximum Gasteiger partial charge on any atom is 0.232 e. The molecule has 1 aliphatic rings. The van der Waals surface area contributed by atoms with Gasteiger partial charge in [-0.05, 0) is 26.4 Å². The van der Waals surface area contributed by atoms with Crippen LogP contribution in [0.3, 0.4) is 0 Å². The molecule has 0 aliphatic carbocycles. The van der Waals surface area contributed by atoms with Crippen molar-refractivity contribution in [3.63, 3.8) is 0 Å². The third kappa shape index (κ3) is 5.65. The molecular formula is C11H22N4O2. The molecule has 6 nitrogen and oxygen atoms in total. The van der Waals surface area contributed by atoms with Gasteiger partial charge in [-0.2, -0.15) is 0 Å². The molecule has 0 saturated carbocycles. The summed E-state index contributed by atoms with van der Waals surface area (Å²) in [6.45, 7) is 6.08. The van der Waals surface area contributed by atoms with Crippen LogP contribution in [0.15, 0.2) is 0 Å². The third-order valence-electron chi connectivity index (χ3n) is 2.70. The van der Waals surface area contributed by atoms with Gasteiger partial charge in [0.25, 0.3) is 0 Å². The van der Waals surface area contributed by atoms with Gasteiger partial charge in [-0.25, -0.2) is 0 Å². The molecule has 6 heteroatoms. The summed E-state index contributed by atoms with van der Waals surface area (Å²) in [7, 11) is 0. The first kappa shape index (κ1) is 13.9. The lowest BCUT2D eigenvalue weighted by atomic mass is 10.1. The number of hydrogen-bond donors (Lipinski definition) is 4. The smallest absolute Gasteiger partial charge is 0.232 e. The molecule has 0 radical (unpaired) electrons. The lowest BCUT2D eigenvalue weighted by Gasteiger charge is -2.14. The van der Waals surface area contributed by atoms with E-state index in [0.29, 0.717) is 13.1 Å². The first-order valence-electron chi connectivity index (χ1n) is 6.18. The van der Waals surface area contributed by atoms with Crippen molar-refractivity contribution in [2.45, 2.75) is 13.3 Å². The predicted molar refractivity (Wildman–Crippen MR) is 65.5 cm³/mol. The van der Waals surface area contributed by atoms with Crippen molar-refractivity contribution in [3.05, 3.63) is 0 Å². The molecule has 0 aromatic carbocycles. The number of carbonyl (C=O) groups is 2. The van der Waals surface area contributed by atoms with Crippen LogP contribution in [0.1, 0.15) is 13.3 Å². The highest BCUT2D eigenvalue weighted by Crippen LogP contribution is 1.94. The van der Waals surface area contributed by atoms with Crippen LogP contribution in [0.5, 0.6) is 0 Å². The quantitative estimate of drug-likeness (QED) is 0.387. The fourth-order valence-corrected chi connectivity index (χ4v) is 1.56. The summed E-state index contributed by atoms with van der Waals surface area (Å²) in [6, 6.07) is 0. The first-order valence-corrected chi connectivity index (χ1v) is 6.18. The number of nitrogens with one attached hydrogen (secondary N) is 4. The lowest BCUT2D eigenvalue weighted by molar-refractivity contribution is -0.134. The Morgan fingerprint density at radius 2 is 1.29 bits per heavy atom. The molecule has 0 aromatic heterocycles. The van der Waals surface area contributed by atoms with E-state index in [-0.39, 0.29) is 11.8 Å². The lowest BCUT2D eigenvalue weighted by Crippen LogP contribution is -2.44. The van der Waals surface area contributed by atoms with Crippen LogP contribution >= 0.6 is 0 Å². The van der Waals surface area contributed by atoms with Gasteiger partial charge in [0.05, 0.1) is 0 Å². The van der Waals surface area contributed by atoms with Gasteiger partial charge in [0.2, 0.25) is 11.8 Å². The second-order valence-electron chi connectivity index (χ2n) is 4.16. The molecule has 0 unspecified atom stereocenters. The standard InChI is InChI=1S/C11H22N4O2/c1-9-10(16)14-7-5-12-3-2-4-13-6-8-15-11(9)17/h9,12-13H,2-8H2,1H3,(H,14,16)(H,15,17). The summed E-state index contributed by atoms with van der Waals surface area (Å²) in [5.74, 6) is -1.05. The summed E-state index contributed by atoms with van der Waals surface area (Å²) >= 11 is 0. The third-order valence-corrected chi connectivity index (χ3v) is 2.70. The topological polar surface area (TPSA) is 82.3 Å². The molecule has 1 fully saturated rings. The number of amides is 2. The fraction of sp³-hybridized carbons (Fsp3) is 0.818. The van der Waals surface area contributed by atoms with E-state index in [9.17, 15) is 9.59 Å². The Hall–Kier alpha value is -1.14. The van der Waals surface area contributed by atoms with Crippen LogP contribution in [0, 0.1) is 5.92 Å². The highest BCUT2D eigenvalue weighted by Gasteiger charge is 2.20. The molecule has 1 rings (SSSR count). The minimum absolute atomic E-state index is 0.214. The predicted octanol–water partition coefficient (Wildman–Crippen LogP) is -1.56. The Labute approximate surface area is 102 Å². The molecule has 1 aliphatic heterocycles. The highest BCUT2D eigenvalue weighted by atomic mass is 16.2. The highest BCUT2D eigenvalue weighted by molar-refractivity contribution is 5.99. The summed E-state index contributed by atoms with van der Waals surface area (Å²) in [6.07, 6.45) is 1.04. The SMILES string of the molecule is CC1C(=O)NCCNCCCNCCNC1=O. The summed E-state index contributed by atoms with van der Waals surface area (Å²) < 4.78 is 0. The average molecular weight is 242 g/mol. The van der Waals surface area contributed by atoms with Gasteiger partial charge in [-0.1, -0.05) is 0 Å². The zero-order valence-corrected chi connectivity index (χ0v) is 10.3. The Kier molecular flexibility index (Phi) is 6.57. The zero-order chi connectivity index (χ0) is 12.5. The van der Waals surface area contributed by atoms with E-state index >= 15 is 0 Å². The van der Waals surface area contributed by atoms with Crippen LogP contribution in [-0.2, 0) is 9.59 Å². The van der Waals surface area contributed by atoms with Gasteiger partial charge in [0.1, 0.15) is 5.92 Å². The van der Waals surface area contributed by atoms with E-state index in [1.54, 1.807) is 6.92 Å². The minimum Gasteiger partial charge on any atom is -0.354 e. The minimum atomic E-state index is -0.627. The molecule has 0 bridgehead atoms. The van der Waals surface area contributed by atoms with Gasteiger partial charge in [0.15, 0.2) is 0 Å². The van der Waals surface area contributed by atoms with E-state index in [2.05, 4.69) is 21.3 Å². The summed E-state index contributed by atoms with van der Waals surface area (Å²) in [5, 5.41) is 11.9. The van der Waals surface area contributed by atoms with Gasteiger partial charge >= 0.3 is 0 Å². The van der Waals surface area contributed by atoms with Crippen molar-refractivity contribution in [3.8, 4) is 0 Å². The van der Waals surface area contributed by atoms with Crippen LogP contribution in [0.4, 0.5) is 0 Å². The fourth-order valence-electron chi connectivity index (χ4n) is 1.56. The van der Waals surface area contributed by atoms with Crippen molar-refractivity contribution in [2.24, 2.45) is 5.92 Å². The normalized spacial score (nSPS) is 22.4. The molecule has 1 saturated heterocycles. The monoisotopic (exact) mass is 242 g/mol. The van der Waals surface area contributed by atoms with Gasteiger partial charge in [0, 0.05) is 26.2 Å². The van der Waals surface area contributed by atoms with E-state index in [1.807, 2.05) is 0 Å². The molecule has 1 heterocycles. The van der Waals surface area contributed by atoms with Crippen LogP contribution in [0.25, 0.3) is 0 Å². The molecule has 17 heavy (non-hydrogen) atoms. The number of rotatable bonds is 0. The van der Waals surface area contributed by atoms with Crippen LogP contribution in [0.2, 0.25) is 0 Å². The maximum absolute atomic E-state index is 11.6. The number of hydrogen-bond acceptors (Lipinski definition) is 4. The largest absolute Gasteiger partial charge is 0.354 e. The van der Waals surface area contributed by atoms with Gasteiger partial charge in [-0.15, -0.1) is 0 Å². The van der Waals surface area contributed by atoms with Crippen molar-refractivity contribution in [1.29, 1.82) is 0 Å². The average Bonchev–Trinajstić information content (AvgIpc) is 2.33. The second-order valence-corrected chi connectivity index (χ2v) is 4.16. The molecule has 4 N–H and O–H groups in total. The molecule has 0 aromatic rings. The molecular weight excluding hydrogens is 220 g/mol. The first-order chi connectivity index (χ1) is 8.22. The molecule has 0 atom stereocenters. The van der Waals surface area contributed by atoms with Crippen molar-refractivity contribution < 1.29 is 9.59 Å². The Morgan fingerprint density at radius 3 is 1.76 bits per heavy atom. The molecule has 2 amide bonds. The van der Waals surface area contributed by atoms with E-state index < -0.39 is 5.92 Å². The number of carbonyl (C=O) groups excluding carboxylic acids is 2. The maximum atomic E-state index is 11.6.